The molecule has 0 N–H and O–H groups in total. The molecule has 0 heterocycles. The summed E-state index contributed by atoms with van der Waals surface area (Å²) in [5.41, 5.74) is 1.03. The van der Waals surface area contributed by atoms with Crippen molar-refractivity contribution in [3.05, 3.63) is 35.4 Å². The van der Waals surface area contributed by atoms with Gasteiger partial charge in [0, 0.05) is 4.48 Å². The molecule has 0 saturated carbocycles. The van der Waals surface area contributed by atoms with Crippen molar-refractivity contribution in [2.24, 2.45) is 0 Å². The highest BCUT2D eigenvalue weighted by molar-refractivity contribution is 9.11. The average molecular weight is 231 g/mol. The third-order valence-corrected chi connectivity index (χ3v) is 1.75. The lowest BCUT2D eigenvalue weighted by Gasteiger charge is -2.09. The molecule has 0 aromatic carbocycles. The van der Waals surface area contributed by atoms with Gasteiger partial charge in [-0.3, -0.25) is 0 Å². The standard InChI is InChI=1S/C10H15BrO/c1-5-6-10(9(4)11)7-12-8(2)3/h5-6,8H,1,4,7H2,2-3H3/b10-6-. The molecule has 0 rings (SSSR count). The first-order valence-corrected chi connectivity index (χ1v) is 4.65. The Morgan fingerprint density at radius 1 is 1.58 bits per heavy atom. The molecule has 0 aliphatic carbocycles. The van der Waals surface area contributed by atoms with Crippen LogP contribution in [-0.2, 0) is 4.74 Å². The second kappa shape index (κ2) is 6.21. The van der Waals surface area contributed by atoms with E-state index in [9.17, 15) is 0 Å². The van der Waals surface area contributed by atoms with Gasteiger partial charge in [-0.2, -0.15) is 0 Å². The molecule has 0 aliphatic heterocycles. The molecule has 0 aromatic heterocycles. The van der Waals surface area contributed by atoms with E-state index in [2.05, 4.69) is 29.1 Å². The van der Waals surface area contributed by atoms with Gasteiger partial charge >= 0.3 is 0 Å². The minimum Gasteiger partial charge on any atom is -0.374 e. The summed E-state index contributed by atoms with van der Waals surface area (Å²) >= 11 is 3.30. The van der Waals surface area contributed by atoms with Crippen molar-refractivity contribution in [1.82, 2.24) is 0 Å². The Morgan fingerprint density at radius 2 is 2.17 bits per heavy atom. The van der Waals surface area contributed by atoms with Gasteiger partial charge in [0.05, 0.1) is 12.7 Å². The van der Waals surface area contributed by atoms with Crippen LogP contribution in [0.1, 0.15) is 13.8 Å². The normalized spacial score (nSPS) is 11.8. The molecule has 0 atom stereocenters. The van der Waals surface area contributed by atoms with E-state index in [0.29, 0.717) is 6.61 Å². The van der Waals surface area contributed by atoms with E-state index in [4.69, 9.17) is 4.74 Å². The second-order valence-electron chi connectivity index (χ2n) is 2.69. The molecule has 0 spiro atoms. The van der Waals surface area contributed by atoms with Gasteiger partial charge in [-0.15, -0.1) is 0 Å². The Morgan fingerprint density at radius 3 is 2.50 bits per heavy atom. The number of rotatable bonds is 5. The molecule has 0 aromatic rings. The van der Waals surface area contributed by atoms with Gasteiger partial charge in [0.25, 0.3) is 0 Å². The van der Waals surface area contributed by atoms with E-state index >= 15 is 0 Å². The van der Waals surface area contributed by atoms with E-state index in [-0.39, 0.29) is 6.10 Å². The Hall–Kier alpha value is -0.340. The van der Waals surface area contributed by atoms with Gasteiger partial charge in [-0.25, -0.2) is 0 Å². The summed E-state index contributed by atoms with van der Waals surface area (Å²) in [7, 11) is 0. The first kappa shape index (κ1) is 11.7. The van der Waals surface area contributed by atoms with Crippen LogP contribution in [0.5, 0.6) is 0 Å². The SMILES string of the molecule is C=C/C=C(/COC(C)C)C(=C)Br. The van der Waals surface area contributed by atoms with E-state index in [1.165, 1.54) is 0 Å². The Bertz CT molecular complexity index is 192. The van der Waals surface area contributed by atoms with Gasteiger partial charge in [-0.05, 0) is 19.4 Å². The zero-order valence-electron chi connectivity index (χ0n) is 7.64. The fraction of sp³-hybridized carbons (Fsp3) is 0.400. The van der Waals surface area contributed by atoms with Crippen molar-refractivity contribution < 1.29 is 4.74 Å². The smallest absolute Gasteiger partial charge is 0.0731 e. The highest BCUT2D eigenvalue weighted by atomic mass is 79.9. The van der Waals surface area contributed by atoms with Crippen molar-refractivity contribution in [2.45, 2.75) is 20.0 Å². The fourth-order valence-corrected chi connectivity index (χ4v) is 0.862. The lowest BCUT2D eigenvalue weighted by Crippen LogP contribution is -2.05. The lowest BCUT2D eigenvalue weighted by atomic mass is 10.2. The van der Waals surface area contributed by atoms with Crippen LogP contribution in [0.25, 0.3) is 0 Å². The molecular formula is C10H15BrO. The van der Waals surface area contributed by atoms with E-state index in [1.807, 2.05) is 19.9 Å². The lowest BCUT2D eigenvalue weighted by molar-refractivity contribution is 0.0987. The van der Waals surface area contributed by atoms with Crippen LogP contribution < -0.4 is 0 Å². The first-order valence-electron chi connectivity index (χ1n) is 3.86. The number of allylic oxidation sites excluding steroid dienone is 2. The van der Waals surface area contributed by atoms with Crippen LogP contribution in [-0.4, -0.2) is 12.7 Å². The maximum Gasteiger partial charge on any atom is 0.0731 e. The molecule has 0 radical (unpaired) electrons. The average Bonchev–Trinajstić information content (AvgIpc) is 1.96. The molecule has 68 valence electrons. The van der Waals surface area contributed by atoms with Gasteiger partial charge in [-0.1, -0.05) is 41.2 Å². The zero-order chi connectivity index (χ0) is 9.56. The number of hydrogen-bond acceptors (Lipinski definition) is 1. The molecule has 2 heteroatoms. The topological polar surface area (TPSA) is 9.23 Å². The molecule has 0 unspecified atom stereocenters. The first-order chi connectivity index (χ1) is 5.57. The maximum atomic E-state index is 5.41. The van der Waals surface area contributed by atoms with Crippen LogP contribution in [0.4, 0.5) is 0 Å². The highest BCUT2D eigenvalue weighted by Crippen LogP contribution is 2.15. The molecule has 1 nitrogen and oxygen atoms in total. The third kappa shape index (κ3) is 5.33. The second-order valence-corrected chi connectivity index (χ2v) is 3.65. The molecule has 0 fully saturated rings. The number of ether oxygens (including phenoxy) is 1. The number of hydrogen-bond donors (Lipinski definition) is 0. The van der Waals surface area contributed by atoms with Crippen LogP contribution >= 0.6 is 15.9 Å². The predicted molar refractivity (Wildman–Crippen MR) is 57.4 cm³/mol. The van der Waals surface area contributed by atoms with Crippen LogP contribution in [0, 0.1) is 0 Å². The Balaban J connectivity index is 4.06. The van der Waals surface area contributed by atoms with E-state index in [0.717, 1.165) is 10.1 Å². The molecule has 0 saturated heterocycles. The highest BCUT2D eigenvalue weighted by Gasteiger charge is 2.00. The van der Waals surface area contributed by atoms with Crippen molar-refractivity contribution in [3.8, 4) is 0 Å². The Kier molecular flexibility index (Phi) is 6.03. The van der Waals surface area contributed by atoms with Crippen molar-refractivity contribution in [3.63, 3.8) is 0 Å². The largest absolute Gasteiger partial charge is 0.374 e. The minimum absolute atomic E-state index is 0.241. The van der Waals surface area contributed by atoms with Gasteiger partial charge in [0.15, 0.2) is 0 Å². The number of halogens is 1. The van der Waals surface area contributed by atoms with Crippen LogP contribution in [0.2, 0.25) is 0 Å². The maximum absolute atomic E-state index is 5.41. The fourth-order valence-electron chi connectivity index (χ4n) is 0.616. The van der Waals surface area contributed by atoms with Crippen LogP contribution in [0.3, 0.4) is 0 Å². The van der Waals surface area contributed by atoms with Crippen molar-refractivity contribution in [2.75, 3.05) is 6.61 Å². The molecular weight excluding hydrogens is 216 g/mol. The Labute approximate surface area is 82.9 Å². The summed E-state index contributed by atoms with van der Waals surface area (Å²) in [5.74, 6) is 0. The van der Waals surface area contributed by atoms with Crippen molar-refractivity contribution >= 4 is 15.9 Å². The quantitative estimate of drug-likeness (QED) is 0.658. The van der Waals surface area contributed by atoms with Gasteiger partial charge < -0.3 is 4.74 Å². The monoisotopic (exact) mass is 230 g/mol. The molecule has 12 heavy (non-hydrogen) atoms. The summed E-state index contributed by atoms with van der Waals surface area (Å²) in [6, 6.07) is 0. The zero-order valence-corrected chi connectivity index (χ0v) is 9.23. The third-order valence-electron chi connectivity index (χ3n) is 1.24. The molecule has 0 aliphatic rings. The summed E-state index contributed by atoms with van der Waals surface area (Å²) in [6.45, 7) is 12.0. The van der Waals surface area contributed by atoms with E-state index < -0.39 is 0 Å². The molecule has 0 bridgehead atoms. The summed E-state index contributed by atoms with van der Waals surface area (Å²) < 4.78 is 6.26. The summed E-state index contributed by atoms with van der Waals surface area (Å²) in [4.78, 5) is 0. The summed E-state index contributed by atoms with van der Waals surface area (Å²) in [5, 5.41) is 0. The summed E-state index contributed by atoms with van der Waals surface area (Å²) in [6.07, 6.45) is 3.86. The van der Waals surface area contributed by atoms with Gasteiger partial charge in [0.2, 0.25) is 0 Å². The van der Waals surface area contributed by atoms with E-state index in [1.54, 1.807) is 6.08 Å². The van der Waals surface area contributed by atoms with Crippen LogP contribution in [0.15, 0.2) is 35.4 Å². The van der Waals surface area contributed by atoms with Crippen molar-refractivity contribution in [1.29, 1.82) is 0 Å². The predicted octanol–water partition coefficient (Wildman–Crippen LogP) is 3.43. The molecule has 0 amide bonds. The van der Waals surface area contributed by atoms with Gasteiger partial charge in [0.1, 0.15) is 0 Å². The minimum atomic E-state index is 0.241.